The molecule has 2 aromatic rings. The van der Waals surface area contributed by atoms with E-state index in [0.717, 1.165) is 5.69 Å². The van der Waals surface area contributed by atoms with Gasteiger partial charge in [-0.2, -0.15) is 10.2 Å². The maximum Gasteiger partial charge on any atom is 0.195 e. The Labute approximate surface area is 104 Å². The molecule has 0 N–H and O–H groups in total. The Kier molecular flexibility index (Phi) is 3.20. The van der Waals surface area contributed by atoms with Gasteiger partial charge in [-0.15, -0.1) is 0 Å². The summed E-state index contributed by atoms with van der Waals surface area (Å²) < 4.78 is 0. The molecule has 0 aliphatic rings. The van der Waals surface area contributed by atoms with Crippen molar-refractivity contribution in [3.8, 4) is 0 Å². The van der Waals surface area contributed by atoms with Crippen LogP contribution in [0.2, 0.25) is 5.02 Å². The van der Waals surface area contributed by atoms with Crippen LogP contribution >= 0.6 is 11.6 Å². The van der Waals surface area contributed by atoms with Gasteiger partial charge in [-0.1, -0.05) is 23.7 Å². The van der Waals surface area contributed by atoms with Crippen LogP contribution in [-0.4, -0.2) is 16.0 Å². The summed E-state index contributed by atoms with van der Waals surface area (Å²) in [6, 6.07) is 8.63. The lowest BCUT2D eigenvalue weighted by molar-refractivity contribution is 0.103. The number of aryl methyl sites for hydroxylation is 2. The Morgan fingerprint density at radius 2 is 1.94 bits per heavy atom. The predicted octanol–water partition coefficient (Wildman–Crippen LogP) is 2.98. The molecule has 86 valence electrons. The minimum atomic E-state index is -0.0806. The summed E-state index contributed by atoms with van der Waals surface area (Å²) in [5.74, 6) is -0.0806. The molecular weight excluding hydrogens is 236 g/mol. The molecule has 0 atom stereocenters. The lowest BCUT2D eigenvalue weighted by atomic mass is 10.0. The summed E-state index contributed by atoms with van der Waals surface area (Å²) in [5.41, 5.74) is 2.48. The number of hydrogen-bond acceptors (Lipinski definition) is 3. The second kappa shape index (κ2) is 4.63. The number of carbonyl (C=O) groups excluding carboxylic acids is 1. The fourth-order valence-electron chi connectivity index (χ4n) is 1.57. The van der Waals surface area contributed by atoms with Crippen molar-refractivity contribution >= 4 is 17.4 Å². The number of aromatic nitrogens is 2. The van der Waals surface area contributed by atoms with E-state index >= 15 is 0 Å². The molecule has 0 saturated heterocycles. The van der Waals surface area contributed by atoms with Crippen molar-refractivity contribution in [2.45, 2.75) is 13.8 Å². The van der Waals surface area contributed by atoms with Crippen LogP contribution < -0.4 is 0 Å². The average Bonchev–Trinajstić information content (AvgIpc) is 2.31. The van der Waals surface area contributed by atoms with E-state index in [9.17, 15) is 4.79 Å². The minimum Gasteiger partial charge on any atom is -0.289 e. The van der Waals surface area contributed by atoms with Gasteiger partial charge in [0.2, 0.25) is 0 Å². The third kappa shape index (κ3) is 2.50. The highest BCUT2D eigenvalue weighted by atomic mass is 35.5. The van der Waals surface area contributed by atoms with Crippen molar-refractivity contribution in [1.29, 1.82) is 0 Å². The maximum atomic E-state index is 12.2. The first-order valence-electron chi connectivity index (χ1n) is 5.19. The van der Waals surface area contributed by atoms with Crippen LogP contribution in [0.1, 0.15) is 27.3 Å². The van der Waals surface area contributed by atoms with Crippen molar-refractivity contribution in [3.63, 3.8) is 0 Å². The molecule has 3 nitrogen and oxygen atoms in total. The van der Waals surface area contributed by atoms with E-state index in [0.29, 0.717) is 21.8 Å². The molecule has 0 aliphatic heterocycles. The second-order valence-corrected chi connectivity index (χ2v) is 4.26. The number of ketones is 1. The summed E-state index contributed by atoms with van der Waals surface area (Å²) in [5, 5.41) is 8.40. The maximum absolute atomic E-state index is 12.2. The first-order valence-corrected chi connectivity index (χ1v) is 5.57. The molecule has 0 saturated carbocycles. The van der Waals surface area contributed by atoms with Gasteiger partial charge in [-0.25, -0.2) is 0 Å². The fraction of sp³-hybridized carbons (Fsp3) is 0.154. The molecule has 0 fully saturated rings. The highest BCUT2D eigenvalue weighted by Crippen LogP contribution is 2.16. The van der Waals surface area contributed by atoms with Gasteiger partial charge < -0.3 is 0 Å². The minimum absolute atomic E-state index is 0.0806. The monoisotopic (exact) mass is 246 g/mol. The van der Waals surface area contributed by atoms with Crippen molar-refractivity contribution in [1.82, 2.24) is 10.2 Å². The van der Waals surface area contributed by atoms with Crippen LogP contribution in [0.4, 0.5) is 0 Å². The lowest BCUT2D eigenvalue weighted by Gasteiger charge is -2.04. The number of benzene rings is 1. The standard InChI is InChI=1S/C13H11ClN2O/c1-8-6-12(9(2)16-15-8)13(17)10-4-3-5-11(14)7-10/h3-7H,1-2H3. The van der Waals surface area contributed by atoms with Crippen molar-refractivity contribution in [3.05, 3.63) is 57.9 Å². The smallest absolute Gasteiger partial charge is 0.195 e. The van der Waals surface area contributed by atoms with Crippen LogP contribution in [-0.2, 0) is 0 Å². The van der Waals surface area contributed by atoms with Gasteiger partial charge in [0, 0.05) is 16.1 Å². The molecule has 0 aliphatic carbocycles. The number of nitrogens with zero attached hydrogens (tertiary/aromatic N) is 2. The molecule has 17 heavy (non-hydrogen) atoms. The summed E-state index contributed by atoms with van der Waals surface area (Å²) in [6.45, 7) is 3.57. The van der Waals surface area contributed by atoms with E-state index in [1.54, 1.807) is 44.2 Å². The Balaban J connectivity index is 2.47. The van der Waals surface area contributed by atoms with Gasteiger partial charge in [-0.05, 0) is 32.0 Å². The van der Waals surface area contributed by atoms with E-state index in [1.807, 2.05) is 0 Å². The molecule has 0 bridgehead atoms. The highest BCUT2D eigenvalue weighted by molar-refractivity contribution is 6.31. The molecule has 1 aromatic heterocycles. The number of halogens is 1. The van der Waals surface area contributed by atoms with Crippen molar-refractivity contribution in [2.24, 2.45) is 0 Å². The van der Waals surface area contributed by atoms with E-state index in [1.165, 1.54) is 0 Å². The highest BCUT2D eigenvalue weighted by Gasteiger charge is 2.13. The Hall–Kier alpha value is -1.74. The van der Waals surface area contributed by atoms with E-state index in [-0.39, 0.29) is 5.78 Å². The Morgan fingerprint density at radius 3 is 2.65 bits per heavy atom. The zero-order valence-electron chi connectivity index (χ0n) is 9.57. The van der Waals surface area contributed by atoms with Crippen molar-refractivity contribution < 1.29 is 4.79 Å². The zero-order valence-corrected chi connectivity index (χ0v) is 10.3. The Morgan fingerprint density at radius 1 is 1.18 bits per heavy atom. The molecular formula is C13H11ClN2O. The topological polar surface area (TPSA) is 42.9 Å². The van der Waals surface area contributed by atoms with Crippen LogP contribution in [0, 0.1) is 13.8 Å². The first kappa shape index (κ1) is 11.7. The first-order chi connectivity index (χ1) is 8.08. The molecule has 4 heteroatoms. The van der Waals surface area contributed by atoms with Crippen LogP contribution in [0.15, 0.2) is 30.3 Å². The van der Waals surface area contributed by atoms with Crippen molar-refractivity contribution in [2.75, 3.05) is 0 Å². The third-order valence-corrected chi connectivity index (χ3v) is 2.67. The summed E-state index contributed by atoms with van der Waals surface area (Å²) in [4.78, 5) is 12.2. The van der Waals surface area contributed by atoms with Crippen LogP contribution in [0.25, 0.3) is 0 Å². The SMILES string of the molecule is Cc1cc(C(=O)c2cccc(Cl)c2)c(C)nn1. The molecule has 1 aromatic carbocycles. The van der Waals surface area contributed by atoms with Gasteiger partial charge in [0.1, 0.15) is 0 Å². The molecule has 1 heterocycles. The van der Waals surface area contributed by atoms with Gasteiger partial charge in [0.25, 0.3) is 0 Å². The number of hydrogen-bond donors (Lipinski definition) is 0. The van der Waals surface area contributed by atoms with Crippen LogP contribution in [0.3, 0.4) is 0 Å². The van der Waals surface area contributed by atoms with E-state index in [4.69, 9.17) is 11.6 Å². The van der Waals surface area contributed by atoms with Gasteiger partial charge >= 0.3 is 0 Å². The lowest BCUT2D eigenvalue weighted by Crippen LogP contribution is -2.07. The van der Waals surface area contributed by atoms with Gasteiger partial charge in [0.15, 0.2) is 5.78 Å². The van der Waals surface area contributed by atoms with Crippen LogP contribution in [0.5, 0.6) is 0 Å². The average molecular weight is 247 g/mol. The normalized spacial score (nSPS) is 10.3. The van der Waals surface area contributed by atoms with Gasteiger partial charge in [-0.3, -0.25) is 4.79 Å². The predicted molar refractivity (Wildman–Crippen MR) is 66.4 cm³/mol. The molecule has 0 unspecified atom stereocenters. The third-order valence-electron chi connectivity index (χ3n) is 2.43. The molecule has 0 amide bonds. The number of carbonyl (C=O) groups is 1. The molecule has 2 rings (SSSR count). The fourth-order valence-corrected chi connectivity index (χ4v) is 1.76. The molecule has 0 spiro atoms. The Bertz CT molecular complexity index is 581. The largest absolute Gasteiger partial charge is 0.289 e. The number of rotatable bonds is 2. The summed E-state index contributed by atoms with van der Waals surface area (Å²) in [7, 11) is 0. The second-order valence-electron chi connectivity index (χ2n) is 3.82. The van der Waals surface area contributed by atoms with E-state index < -0.39 is 0 Å². The summed E-state index contributed by atoms with van der Waals surface area (Å²) >= 11 is 5.87. The zero-order chi connectivity index (χ0) is 12.4. The summed E-state index contributed by atoms with van der Waals surface area (Å²) in [6.07, 6.45) is 0. The van der Waals surface area contributed by atoms with E-state index in [2.05, 4.69) is 10.2 Å². The molecule has 0 radical (unpaired) electrons. The quantitative estimate of drug-likeness (QED) is 0.765. The van der Waals surface area contributed by atoms with Gasteiger partial charge in [0.05, 0.1) is 11.4 Å².